The fourth-order valence-electron chi connectivity index (χ4n) is 1.54. The van der Waals surface area contributed by atoms with Gasteiger partial charge in [-0.1, -0.05) is 0 Å². The summed E-state index contributed by atoms with van der Waals surface area (Å²) in [6.45, 7) is 0.988. The van der Waals surface area contributed by atoms with Crippen molar-refractivity contribution in [2.24, 2.45) is 5.73 Å². The van der Waals surface area contributed by atoms with Gasteiger partial charge in [-0.05, 0) is 18.2 Å². The van der Waals surface area contributed by atoms with Crippen LogP contribution in [-0.2, 0) is 0 Å². The Labute approximate surface area is 86.7 Å². The lowest BCUT2D eigenvalue weighted by Crippen LogP contribution is -2.57. The van der Waals surface area contributed by atoms with E-state index in [1.165, 1.54) is 23.1 Å². The monoisotopic (exact) mass is 208 g/mol. The smallest absolute Gasteiger partial charge is 0.257 e. The SMILES string of the molecule is NC1CN(C(=O)c2cc(O)ccc2O)C1. The van der Waals surface area contributed by atoms with Gasteiger partial charge >= 0.3 is 0 Å². The second-order valence-corrected chi connectivity index (χ2v) is 3.67. The number of hydrogen-bond acceptors (Lipinski definition) is 4. The summed E-state index contributed by atoms with van der Waals surface area (Å²) >= 11 is 0. The molecule has 1 aliphatic heterocycles. The van der Waals surface area contributed by atoms with E-state index in [1.54, 1.807) is 0 Å². The number of nitrogens with zero attached hydrogens (tertiary/aromatic N) is 1. The molecule has 1 aliphatic rings. The maximum absolute atomic E-state index is 11.7. The van der Waals surface area contributed by atoms with Gasteiger partial charge in [-0.3, -0.25) is 4.79 Å². The zero-order valence-electron chi connectivity index (χ0n) is 8.05. The van der Waals surface area contributed by atoms with Crippen molar-refractivity contribution < 1.29 is 15.0 Å². The number of likely N-dealkylation sites (tertiary alicyclic amines) is 1. The van der Waals surface area contributed by atoms with Crippen LogP contribution in [0.3, 0.4) is 0 Å². The molecule has 2 rings (SSSR count). The van der Waals surface area contributed by atoms with E-state index in [4.69, 9.17) is 5.73 Å². The van der Waals surface area contributed by atoms with Crippen LogP contribution in [0.2, 0.25) is 0 Å². The van der Waals surface area contributed by atoms with Gasteiger partial charge < -0.3 is 20.8 Å². The first-order valence-corrected chi connectivity index (χ1v) is 4.65. The van der Waals surface area contributed by atoms with Crippen molar-refractivity contribution in [3.8, 4) is 11.5 Å². The van der Waals surface area contributed by atoms with E-state index in [2.05, 4.69) is 0 Å². The van der Waals surface area contributed by atoms with Gasteiger partial charge in [0.15, 0.2) is 0 Å². The van der Waals surface area contributed by atoms with Crippen LogP contribution in [0.25, 0.3) is 0 Å². The van der Waals surface area contributed by atoms with Gasteiger partial charge in [-0.25, -0.2) is 0 Å². The molecule has 4 N–H and O–H groups in total. The molecule has 0 atom stereocenters. The first-order valence-electron chi connectivity index (χ1n) is 4.65. The Bertz CT molecular complexity index is 400. The minimum atomic E-state index is -0.301. The Morgan fingerprint density at radius 1 is 1.40 bits per heavy atom. The summed E-state index contributed by atoms with van der Waals surface area (Å²) in [6, 6.07) is 3.89. The largest absolute Gasteiger partial charge is 0.508 e. The lowest BCUT2D eigenvalue weighted by molar-refractivity contribution is 0.0604. The second-order valence-electron chi connectivity index (χ2n) is 3.67. The molecule has 15 heavy (non-hydrogen) atoms. The van der Waals surface area contributed by atoms with Gasteiger partial charge in [0.1, 0.15) is 11.5 Å². The van der Waals surface area contributed by atoms with E-state index in [-0.39, 0.29) is 29.0 Å². The molecule has 0 aromatic heterocycles. The van der Waals surface area contributed by atoms with Crippen molar-refractivity contribution in [1.29, 1.82) is 0 Å². The number of benzene rings is 1. The van der Waals surface area contributed by atoms with Crippen LogP contribution in [0.5, 0.6) is 11.5 Å². The normalized spacial score (nSPS) is 16.2. The number of hydrogen-bond donors (Lipinski definition) is 3. The molecule has 1 fully saturated rings. The summed E-state index contributed by atoms with van der Waals surface area (Å²) in [5.41, 5.74) is 5.66. The molecule has 0 bridgehead atoms. The van der Waals surface area contributed by atoms with Crippen molar-refractivity contribution in [3.63, 3.8) is 0 Å². The standard InChI is InChI=1S/C10H12N2O3/c11-6-4-12(5-6)10(15)8-3-7(13)1-2-9(8)14/h1-3,6,13-14H,4-5,11H2. The van der Waals surface area contributed by atoms with Gasteiger partial charge in [0.2, 0.25) is 0 Å². The fourth-order valence-corrected chi connectivity index (χ4v) is 1.54. The highest BCUT2D eigenvalue weighted by Crippen LogP contribution is 2.24. The summed E-state index contributed by atoms with van der Waals surface area (Å²) in [5.74, 6) is -0.468. The summed E-state index contributed by atoms with van der Waals surface area (Å²) < 4.78 is 0. The van der Waals surface area contributed by atoms with Crippen molar-refractivity contribution in [1.82, 2.24) is 4.90 Å². The molecule has 5 nitrogen and oxygen atoms in total. The predicted molar refractivity (Wildman–Crippen MR) is 53.7 cm³/mol. The summed E-state index contributed by atoms with van der Waals surface area (Å²) in [6.07, 6.45) is 0. The van der Waals surface area contributed by atoms with Crippen LogP contribution in [-0.4, -0.2) is 40.2 Å². The van der Waals surface area contributed by atoms with Crippen LogP contribution >= 0.6 is 0 Å². The average Bonchev–Trinajstić information content (AvgIpc) is 2.16. The number of aromatic hydroxyl groups is 2. The highest BCUT2D eigenvalue weighted by Gasteiger charge is 2.29. The van der Waals surface area contributed by atoms with Crippen LogP contribution in [0.4, 0.5) is 0 Å². The Balaban J connectivity index is 2.22. The first-order chi connectivity index (χ1) is 7.08. The van der Waals surface area contributed by atoms with Gasteiger partial charge in [0.05, 0.1) is 5.56 Å². The average molecular weight is 208 g/mol. The molecule has 1 aromatic carbocycles. The Morgan fingerprint density at radius 2 is 2.07 bits per heavy atom. The molecular formula is C10H12N2O3. The van der Waals surface area contributed by atoms with Crippen LogP contribution < -0.4 is 5.73 Å². The highest BCUT2D eigenvalue weighted by molar-refractivity contribution is 5.97. The Kier molecular flexibility index (Phi) is 2.24. The number of phenols is 2. The number of rotatable bonds is 1. The molecule has 0 aliphatic carbocycles. The summed E-state index contributed by atoms with van der Waals surface area (Å²) in [7, 11) is 0. The van der Waals surface area contributed by atoms with E-state index >= 15 is 0 Å². The third-order valence-corrected chi connectivity index (χ3v) is 2.41. The fraction of sp³-hybridized carbons (Fsp3) is 0.300. The van der Waals surface area contributed by atoms with Gasteiger partial charge in [0, 0.05) is 19.1 Å². The zero-order valence-corrected chi connectivity index (χ0v) is 8.05. The second kappa shape index (κ2) is 3.43. The number of carbonyl (C=O) groups excluding carboxylic acids is 1. The predicted octanol–water partition coefficient (Wildman–Crippen LogP) is -0.119. The summed E-state index contributed by atoms with van der Waals surface area (Å²) in [5, 5.41) is 18.7. The molecule has 0 unspecified atom stereocenters. The number of phenolic OH excluding ortho intramolecular Hbond substituents is 2. The molecule has 0 saturated carbocycles. The Hall–Kier alpha value is -1.75. The van der Waals surface area contributed by atoms with Gasteiger partial charge in [0.25, 0.3) is 5.91 Å². The molecule has 5 heteroatoms. The number of amides is 1. The Morgan fingerprint density at radius 3 is 2.67 bits per heavy atom. The highest BCUT2D eigenvalue weighted by atomic mass is 16.3. The van der Waals surface area contributed by atoms with Crippen LogP contribution in [0.1, 0.15) is 10.4 Å². The van der Waals surface area contributed by atoms with Gasteiger partial charge in [-0.2, -0.15) is 0 Å². The van der Waals surface area contributed by atoms with Crippen LogP contribution in [0, 0.1) is 0 Å². The van der Waals surface area contributed by atoms with E-state index in [0.717, 1.165) is 0 Å². The molecule has 1 heterocycles. The molecule has 1 amide bonds. The van der Waals surface area contributed by atoms with Crippen molar-refractivity contribution in [2.75, 3.05) is 13.1 Å². The van der Waals surface area contributed by atoms with E-state index in [0.29, 0.717) is 13.1 Å². The topological polar surface area (TPSA) is 86.8 Å². The molecule has 1 saturated heterocycles. The van der Waals surface area contributed by atoms with Crippen LogP contribution in [0.15, 0.2) is 18.2 Å². The molecular weight excluding hydrogens is 196 g/mol. The van der Waals surface area contributed by atoms with Crippen molar-refractivity contribution in [3.05, 3.63) is 23.8 Å². The lowest BCUT2D eigenvalue weighted by atomic mass is 10.1. The quantitative estimate of drug-likeness (QED) is 0.561. The summed E-state index contributed by atoms with van der Waals surface area (Å²) in [4.78, 5) is 13.3. The minimum absolute atomic E-state index is 0.0217. The van der Waals surface area contributed by atoms with E-state index in [1.807, 2.05) is 0 Å². The third-order valence-electron chi connectivity index (χ3n) is 2.41. The molecule has 0 radical (unpaired) electrons. The molecule has 1 aromatic rings. The maximum Gasteiger partial charge on any atom is 0.257 e. The van der Waals surface area contributed by atoms with E-state index < -0.39 is 0 Å². The zero-order chi connectivity index (χ0) is 11.0. The van der Waals surface area contributed by atoms with Gasteiger partial charge in [-0.15, -0.1) is 0 Å². The number of nitrogens with two attached hydrogens (primary N) is 1. The maximum atomic E-state index is 11.7. The number of carbonyl (C=O) groups is 1. The molecule has 80 valence electrons. The minimum Gasteiger partial charge on any atom is -0.508 e. The lowest BCUT2D eigenvalue weighted by Gasteiger charge is -2.36. The van der Waals surface area contributed by atoms with Crippen molar-refractivity contribution >= 4 is 5.91 Å². The first kappa shape index (κ1) is 9.79. The third kappa shape index (κ3) is 1.73. The molecule has 0 spiro atoms. The van der Waals surface area contributed by atoms with E-state index in [9.17, 15) is 15.0 Å². The van der Waals surface area contributed by atoms with Crippen molar-refractivity contribution in [2.45, 2.75) is 6.04 Å².